The summed E-state index contributed by atoms with van der Waals surface area (Å²) in [6.07, 6.45) is 1.88. The lowest BCUT2D eigenvalue weighted by molar-refractivity contribution is -0.110. The number of ether oxygens (including phenoxy) is 1. The van der Waals surface area contributed by atoms with Crippen molar-refractivity contribution in [2.75, 3.05) is 12.4 Å². The van der Waals surface area contributed by atoms with E-state index in [2.05, 4.69) is 5.32 Å². The van der Waals surface area contributed by atoms with Crippen LogP contribution in [0.3, 0.4) is 0 Å². The van der Waals surface area contributed by atoms with Gasteiger partial charge in [0.1, 0.15) is 5.75 Å². The smallest absolute Gasteiger partial charge is 0.256 e. The standard InChI is InChI=1S/C16H13NO2/c1-19-12-6-4-5-11(9-12)10-14-13-7-2-3-8-15(13)17-16(14)18/h2-10H,1H3,(H,17,18)/b14-10+. The zero-order valence-corrected chi connectivity index (χ0v) is 10.5. The number of methoxy groups -OCH3 is 1. The normalized spacial score (nSPS) is 15.2. The number of rotatable bonds is 2. The number of amides is 1. The van der Waals surface area contributed by atoms with E-state index in [4.69, 9.17) is 4.74 Å². The van der Waals surface area contributed by atoms with E-state index in [1.165, 1.54) is 0 Å². The van der Waals surface area contributed by atoms with Gasteiger partial charge in [-0.25, -0.2) is 0 Å². The molecule has 0 unspecified atom stereocenters. The summed E-state index contributed by atoms with van der Waals surface area (Å²) >= 11 is 0. The molecule has 3 nitrogen and oxygen atoms in total. The van der Waals surface area contributed by atoms with Gasteiger partial charge in [-0.15, -0.1) is 0 Å². The first-order chi connectivity index (χ1) is 9.28. The Hall–Kier alpha value is -2.55. The molecule has 3 heteroatoms. The summed E-state index contributed by atoms with van der Waals surface area (Å²) in [6, 6.07) is 15.3. The summed E-state index contributed by atoms with van der Waals surface area (Å²) in [5, 5.41) is 2.86. The van der Waals surface area contributed by atoms with Crippen molar-refractivity contribution in [3.8, 4) is 5.75 Å². The van der Waals surface area contributed by atoms with Crippen molar-refractivity contribution in [3.05, 3.63) is 59.7 Å². The minimum absolute atomic E-state index is 0.0657. The molecule has 94 valence electrons. The SMILES string of the molecule is COc1cccc(/C=C2/C(=O)Nc3ccccc32)c1. The van der Waals surface area contributed by atoms with Crippen LogP contribution in [0.25, 0.3) is 11.6 Å². The number of carbonyl (C=O) groups excluding carboxylic acids is 1. The largest absolute Gasteiger partial charge is 0.497 e. The van der Waals surface area contributed by atoms with Crippen molar-refractivity contribution in [1.29, 1.82) is 0 Å². The van der Waals surface area contributed by atoms with Gasteiger partial charge < -0.3 is 10.1 Å². The molecule has 19 heavy (non-hydrogen) atoms. The molecule has 0 radical (unpaired) electrons. The molecule has 0 bridgehead atoms. The van der Waals surface area contributed by atoms with Crippen LogP contribution < -0.4 is 10.1 Å². The topological polar surface area (TPSA) is 38.3 Å². The second kappa shape index (κ2) is 4.61. The van der Waals surface area contributed by atoms with Gasteiger partial charge >= 0.3 is 0 Å². The average molecular weight is 251 g/mol. The predicted molar refractivity (Wildman–Crippen MR) is 75.9 cm³/mol. The summed E-state index contributed by atoms with van der Waals surface area (Å²) in [4.78, 5) is 12.0. The van der Waals surface area contributed by atoms with E-state index in [9.17, 15) is 4.79 Å². The van der Waals surface area contributed by atoms with Gasteiger partial charge in [0.05, 0.1) is 7.11 Å². The lowest BCUT2D eigenvalue weighted by Crippen LogP contribution is -2.03. The van der Waals surface area contributed by atoms with Crippen molar-refractivity contribution >= 4 is 23.2 Å². The maximum atomic E-state index is 12.0. The Morgan fingerprint density at radius 1 is 1.11 bits per heavy atom. The molecule has 0 spiro atoms. The molecular weight excluding hydrogens is 238 g/mol. The van der Waals surface area contributed by atoms with Crippen molar-refractivity contribution < 1.29 is 9.53 Å². The van der Waals surface area contributed by atoms with Crippen LogP contribution in [0.4, 0.5) is 5.69 Å². The molecule has 0 saturated carbocycles. The van der Waals surface area contributed by atoms with Crippen LogP contribution in [0, 0.1) is 0 Å². The highest BCUT2D eigenvalue weighted by molar-refractivity contribution is 6.34. The van der Waals surface area contributed by atoms with Gasteiger partial charge in [-0.2, -0.15) is 0 Å². The highest BCUT2D eigenvalue weighted by Gasteiger charge is 2.23. The molecule has 0 aromatic heterocycles. The average Bonchev–Trinajstić information content (AvgIpc) is 2.76. The van der Waals surface area contributed by atoms with Crippen molar-refractivity contribution in [2.24, 2.45) is 0 Å². The molecule has 1 amide bonds. The zero-order valence-electron chi connectivity index (χ0n) is 10.5. The summed E-state index contributed by atoms with van der Waals surface area (Å²) < 4.78 is 5.19. The van der Waals surface area contributed by atoms with Crippen LogP contribution in [0.1, 0.15) is 11.1 Å². The summed E-state index contributed by atoms with van der Waals surface area (Å²) in [7, 11) is 1.63. The second-order valence-corrected chi connectivity index (χ2v) is 4.33. The molecular formula is C16H13NO2. The molecule has 0 atom stereocenters. The first kappa shape index (κ1) is 11.5. The summed E-state index contributed by atoms with van der Waals surface area (Å²) in [6.45, 7) is 0. The van der Waals surface area contributed by atoms with Crippen molar-refractivity contribution in [3.63, 3.8) is 0 Å². The zero-order chi connectivity index (χ0) is 13.2. The molecule has 2 aromatic rings. The molecule has 0 fully saturated rings. The Labute approximate surface area is 111 Å². The van der Waals surface area contributed by atoms with Gasteiger partial charge in [-0.05, 0) is 29.8 Å². The lowest BCUT2D eigenvalue weighted by atomic mass is 10.0. The van der Waals surface area contributed by atoms with Gasteiger partial charge in [0.25, 0.3) is 5.91 Å². The first-order valence-corrected chi connectivity index (χ1v) is 6.04. The van der Waals surface area contributed by atoms with E-state index >= 15 is 0 Å². The Balaban J connectivity index is 2.06. The minimum Gasteiger partial charge on any atom is -0.497 e. The number of anilines is 1. The first-order valence-electron chi connectivity index (χ1n) is 6.04. The van der Waals surface area contributed by atoms with Crippen LogP contribution in [0.5, 0.6) is 5.75 Å². The Morgan fingerprint density at radius 3 is 2.79 bits per heavy atom. The molecule has 2 aromatic carbocycles. The molecule has 1 heterocycles. The number of carbonyl (C=O) groups is 1. The molecule has 1 aliphatic heterocycles. The van der Waals surface area contributed by atoms with Gasteiger partial charge in [0.15, 0.2) is 0 Å². The van der Waals surface area contributed by atoms with Gasteiger partial charge in [-0.3, -0.25) is 4.79 Å². The third kappa shape index (κ3) is 2.10. The maximum absolute atomic E-state index is 12.0. The number of benzene rings is 2. The van der Waals surface area contributed by atoms with E-state index in [1.54, 1.807) is 7.11 Å². The predicted octanol–water partition coefficient (Wildman–Crippen LogP) is 3.19. The van der Waals surface area contributed by atoms with Crippen LogP contribution in [0.15, 0.2) is 48.5 Å². The van der Waals surface area contributed by atoms with Gasteiger partial charge in [-0.1, -0.05) is 30.3 Å². The van der Waals surface area contributed by atoms with E-state index in [0.29, 0.717) is 5.57 Å². The van der Waals surface area contributed by atoms with Crippen LogP contribution in [-0.4, -0.2) is 13.0 Å². The van der Waals surface area contributed by atoms with E-state index < -0.39 is 0 Å². The number of fused-ring (bicyclic) bond motifs is 1. The van der Waals surface area contributed by atoms with Crippen LogP contribution >= 0.6 is 0 Å². The van der Waals surface area contributed by atoms with E-state index in [1.807, 2.05) is 54.6 Å². The molecule has 3 rings (SSSR count). The molecule has 0 aliphatic carbocycles. The Morgan fingerprint density at radius 2 is 1.95 bits per heavy atom. The van der Waals surface area contributed by atoms with Crippen molar-refractivity contribution in [1.82, 2.24) is 0 Å². The van der Waals surface area contributed by atoms with E-state index in [-0.39, 0.29) is 5.91 Å². The van der Waals surface area contributed by atoms with Crippen LogP contribution in [-0.2, 0) is 4.79 Å². The molecule has 1 N–H and O–H groups in total. The third-order valence-corrected chi connectivity index (χ3v) is 3.11. The quantitative estimate of drug-likeness (QED) is 0.832. The maximum Gasteiger partial charge on any atom is 0.256 e. The third-order valence-electron chi connectivity index (χ3n) is 3.11. The number of nitrogens with one attached hydrogen (secondary N) is 1. The molecule has 0 saturated heterocycles. The second-order valence-electron chi connectivity index (χ2n) is 4.33. The fourth-order valence-electron chi connectivity index (χ4n) is 2.18. The van der Waals surface area contributed by atoms with Crippen LogP contribution in [0.2, 0.25) is 0 Å². The lowest BCUT2D eigenvalue weighted by Gasteiger charge is -2.01. The summed E-state index contributed by atoms with van der Waals surface area (Å²) in [5.74, 6) is 0.713. The highest BCUT2D eigenvalue weighted by atomic mass is 16.5. The Bertz CT molecular complexity index is 674. The van der Waals surface area contributed by atoms with E-state index in [0.717, 1.165) is 22.6 Å². The van der Waals surface area contributed by atoms with Gasteiger partial charge in [0, 0.05) is 16.8 Å². The fraction of sp³-hybridized carbons (Fsp3) is 0.0625. The number of hydrogen-bond acceptors (Lipinski definition) is 2. The van der Waals surface area contributed by atoms with Crippen molar-refractivity contribution in [2.45, 2.75) is 0 Å². The molecule has 1 aliphatic rings. The highest BCUT2D eigenvalue weighted by Crippen LogP contribution is 2.32. The number of hydrogen-bond donors (Lipinski definition) is 1. The minimum atomic E-state index is -0.0657. The Kier molecular flexibility index (Phi) is 2.80. The summed E-state index contributed by atoms with van der Waals surface area (Å²) in [5.41, 5.74) is 3.43. The van der Waals surface area contributed by atoms with Gasteiger partial charge in [0.2, 0.25) is 0 Å². The fourth-order valence-corrected chi connectivity index (χ4v) is 2.18. The number of para-hydroxylation sites is 1. The monoisotopic (exact) mass is 251 g/mol.